The monoisotopic (exact) mass is 275 g/mol. The number of carbonyl (C=O) groups excluding carboxylic acids is 1. The van der Waals surface area contributed by atoms with Crippen LogP contribution in [0.5, 0.6) is 0 Å². The quantitative estimate of drug-likeness (QED) is 0.536. The third-order valence-electron chi connectivity index (χ3n) is 2.32. The van der Waals surface area contributed by atoms with Crippen molar-refractivity contribution in [3.8, 4) is 12.3 Å². The summed E-state index contributed by atoms with van der Waals surface area (Å²) in [6.07, 6.45) is -2.51. The molecule has 7 heteroatoms. The zero-order chi connectivity index (χ0) is 13.5. The lowest BCUT2D eigenvalue weighted by molar-refractivity contribution is -0.127. The Kier molecular flexibility index (Phi) is 2.87. The summed E-state index contributed by atoms with van der Waals surface area (Å²) in [4.78, 5) is 10.9. The van der Waals surface area contributed by atoms with E-state index in [-0.39, 0.29) is 16.3 Å². The average Bonchev–Trinajstić information content (AvgIpc) is 2.26. The Labute approximate surface area is 105 Å². The van der Waals surface area contributed by atoms with Gasteiger partial charge in [-0.2, -0.15) is 4.90 Å². The molecule has 1 aromatic carbocycles. The zero-order valence-corrected chi connectivity index (χ0v) is 9.42. The number of ether oxygens (including phenoxy) is 1. The topological polar surface area (TPSA) is 29.5 Å². The first-order chi connectivity index (χ1) is 8.34. The van der Waals surface area contributed by atoms with Gasteiger partial charge < -0.3 is 4.74 Å². The van der Waals surface area contributed by atoms with Gasteiger partial charge in [-0.25, -0.2) is 4.79 Å². The Morgan fingerprint density at radius 1 is 1.44 bits per heavy atom. The molecule has 2 rings (SSSR count). The highest BCUT2D eigenvalue weighted by atomic mass is 35.5. The van der Waals surface area contributed by atoms with Gasteiger partial charge in [-0.3, -0.25) is 0 Å². The maximum atomic E-state index is 12.7. The van der Waals surface area contributed by atoms with E-state index in [1.54, 1.807) is 0 Å². The SMILES string of the molecule is C#CC1OC(=O)N(C(F)(F)F)c2ccc(Cl)cc21. The molecule has 0 saturated carbocycles. The van der Waals surface area contributed by atoms with Crippen molar-refractivity contribution in [3.63, 3.8) is 0 Å². The highest BCUT2D eigenvalue weighted by Crippen LogP contribution is 2.41. The number of cyclic esters (lactones) is 1. The predicted molar refractivity (Wildman–Crippen MR) is 58.0 cm³/mol. The minimum Gasteiger partial charge on any atom is -0.427 e. The fourth-order valence-electron chi connectivity index (χ4n) is 1.62. The molecule has 0 spiro atoms. The third kappa shape index (κ3) is 1.97. The van der Waals surface area contributed by atoms with Crippen molar-refractivity contribution < 1.29 is 22.7 Å². The standard InChI is InChI=1S/C11H5ClF3NO2/c1-2-9-7-5-6(12)3-4-8(7)16(10(17)18-9)11(13,14)15/h1,3-5,9H. The lowest BCUT2D eigenvalue weighted by Gasteiger charge is -2.32. The van der Waals surface area contributed by atoms with Crippen LogP contribution in [0.1, 0.15) is 11.7 Å². The van der Waals surface area contributed by atoms with Crippen molar-refractivity contribution in [1.29, 1.82) is 0 Å². The van der Waals surface area contributed by atoms with Crippen LogP contribution in [0.2, 0.25) is 5.02 Å². The summed E-state index contributed by atoms with van der Waals surface area (Å²) in [5.74, 6) is 2.09. The van der Waals surface area contributed by atoms with Crippen molar-refractivity contribution in [2.24, 2.45) is 0 Å². The van der Waals surface area contributed by atoms with Gasteiger partial charge in [-0.1, -0.05) is 17.5 Å². The maximum absolute atomic E-state index is 12.7. The molecule has 1 aliphatic rings. The smallest absolute Gasteiger partial charge is 0.427 e. The number of hydrogen-bond donors (Lipinski definition) is 0. The molecular weight excluding hydrogens is 271 g/mol. The van der Waals surface area contributed by atoms with Gasteiger partial charge in [0.05, 0.1) is 5.69 Å². The normalized spacial score (nSPS) is 18.9. The Balaban J connectivity index is 2.63. The summed E-state index contributed by atoms with van der Waals surface area (Å²) >= 11 is 5.69. The van der Waals surface area contributed by atoms with Crippen LogP contribution in [0, 0.1) is 12.3 Å². The number of terminal acetylenes is 1. The van der Waals surface area contributed by atoms with Crippen LogP contribution >= 0.6 is 11.6 Å². The van der Waals surface area contributed by atoms with E-state index in [1.807, 2.05) is 0 Å². The summed E-state index contributed by atoms with van der Waals surface area (Å²) in [6.45, 7) is 0. The van der Waals surface area contributed by atoms with Gasteiger partial charge in [0, 0.05) is 10.6 Å². The Morgan fingerprint density at radius 2 is 2.11 bits per heavy atom. The number of fused-ring (bicyclic) bond motifs is 1. The summed E-state index contributed by atoms with van der Waals surface area (Å²) in [5, 5.41) is 0.203. The predicted octanol–water partition coefficient (Wildman–Crippen LogP) is 3.49. The molecule has 1 heterocycles. The molecule has 3 nitrogen and oxygen atoms in total. The van der Waals surface area contributed by atoms with Crippen molar-refractivity contribution in [2.75, 3.05) is 4.90 Å². The van der Waals surface area contributed by atoms with Crippen LogP contribution in [0.15, 0.2) is 18.2 Å². The van der Waals surface area contributed by atoms with E-state index in [4.69, 9.17) is 18.0 Å². The Hall–Kier alpha value is -1.87. The second-order valence-electron chi connectivity index (χ2n) is 3.44. The number of rotatable bonds is 0. The van der Waals surface area contributed by atoms with Gasteiger partial charge in [0.1, 0.15) is 0 Å². The maximum Gasteiger partial charge on any atom is 0.494 e. The Bertz CT molecular complexity index is 550. The molecule has 0 bridgehead atoms. The molecule has 1 aliphatic heterocycles. The molecule has 1 unspecified atom stereocenters. The molecule has 1 atom stereocenters. The minimum absolute atomic E-state index is 0.0296. The fraction of sp³-hybridized carbons (Fsp3) is 0.182. The third-order valence-corrected chi connectivity index (χ3v) is 2.55. The van der Waals surface area contributed by atoms with Gasteiger partial charge in [-0.15, -0.1) is 19.6 Å². The van der Waals surface area contributed by atoms with Gasteiger partial charge >= 0.3 is 12.4 Å². The number of anilines is 1. The molecule has 0 N–H and O–H groups in total. The number of benzene rings is 1. The molecule has 0 radical (unpaired) electrons. The lowest BCUT2D eigenvalue weighted by Crippen LogP contribution is -2.46. The summed E-state index contributed by atoms with van der Waals surface area (Å²) < 4.78 is 42.8. The first kappa shape index (κ1) is 12.6. The molecule has 0 fully saturated rings. The largest absolute Gasteiger partial charge is 0.494 e. The van der Waals surface area contributed by atoms with Crippen LogP contribution in [0.25, 0.3) is 0 Å². The summed E-state index contributed by atoms with van der Waals surface area (Å²) in [5.41, 5.74) is -0.340. The number of carbonyl (C=O) groups is 1. The molecule has 0 aliphatic carbocycles. The number of nitrogens with zero attached hydrogens (tertiary/aromatic N) is 1. The van der Waals surface area contributed by atoms with E-state index >= 15 is 0 Å². The van der Waals surface area contributed by atoms with Gasteiger partial charge in [0.2, 0.25) is 0 Å². The second-order valence-corrected chi connectivity index (χ2v) is 3.87. The number of hydrogen-bond acceptors (Lipinski definition) is 2. The highest BCUT2D eigenvalue weighted by molar-refractivity contribution is 6.30. The molecule has 0 saturated heterocycles. The molecule has 1 amide bonds. The summed E-state index contributed by atoms with van der Waals surface area (Å²) in [7, 11) is 0. The first-order valence-electron chi connectivity index (χ1n) is 4.67. The molecule has 0 aromatic heterocycles. The van der Waals surface area contributed by atoms with Crippen LogP contribution < -0.4 is 4.90 Å². The Morgan fingerprint density at radius 3 is 2.67 bits per heavy atom. The first-order valence-corrected chi connectivity index (χ1v) is 5.05. The van der Waals surface area contributed by atoms with E-state index in [0.29, 0.717) is 0 Å². The van der Waals surface area contributed by atoms with Crippen LogP contribution in [0.4, 0.5) is 23.7 Å². The molecule has 1 aromatic rings. The van der Waals surface area contributed by atoms with E-state index < -0.39 is 23.4 Å². The number of halogens is 4. The summed E-state index contributed by atoms with van der Waals surface area (Å²) in [6, 6.07) is 3.56. The molecular formula is C11H5ClF3NO2. The van der Waals surface area contributed by atoms with Crippen molar-refractivity contribution >= 4 is 23.4 Å². The van der Waals surface area contributed by atoms with Crippen LogP contribution in [-0.2, 0) is 4.74 Å². The van der Waals surface area contributed by atoms with Gasteiger partial charge in [0.25, 0.3) is 0 Å². The van der Waals surface area contributed by atoms with Crippen LogP contribution in [-0.4, -0.2) is 12.4 Å². The average molecular weight is 276 g/mol. The van der Waals surface area contributed by atoms with E-state index in [2.05, 4.69) is 10.7 Å². The van der Waals surface area contributed by atoms with Crippen molar-refractivity contribution in [2.45, 2.75) is 12.4 Å². The van der Waals surface area contributed by atoms with Gasteiger partial charge in [0.15, 0.2) is 6.10 Å². The van der Waals surface area contributed by atoms with Crippen LogP contribution in [0.3, 0.4) is 0 Å². The van der Waals surface area contributed by atoms with E-state index in [9.17, 15) is 18.0 Å². The second kappa shape index (κ2) is 4.10. The van der Waals surface area contributed by atoms with E-state index in [1.165, 1.54) is 12.1 Å². The van der Waals surface area contributed by atoms with Gasteiger partial charge in [-0.05, 0) is 18.2 Å². The zero-order valence-electron chi connectivity index (χ0n) is 8.66. The highest BCUT2D eigenvalue weighted by Gasteiger charge is 2.48. The minimum atomic E-state index is -4.89. The fourth-order valence-corrected chi connectivity index (χ4v) is 1.80. The molecule has 94 valence electrons. The number of amides is 1. The van der Waals surface area contributed by atoms with Crippen molar-refractivity contribution in [1.82, 2.24) is 0 Å². The lowest BCUT2D eigenvalue weighted by atomic mass is 10.1. The number of alkyl halides is 3. The molecule has 18 heavy (non-hydrogen) atoms. The van der Waals surface area contributed by atoms with E-state index in [0.717, 1.165) is 6.07 Å². The van der Waals surface area contributed by atoms with Crippen molar-refractivity contribution in [3.05, 3.63) is 28.8 Å².